The van der Waals surface area contributed by atoms with E-state index in [0.717, 1.165) is 10.9 Å². The molecule has 0 aliphatic heterocycles. The zero-order valence-electron chi connectivity index (χ0n) is 10.6. The summed E-state index contributed by atoms with van der Waals surface area (Å²) in [6, 6.07) is 11.3. The number of hydrogen-bond donors (Lipinski definition) is 2. The highest BCUT2D eigenvalue weighted by atomic mass is 35.5. The number of nitrogens with one attached hydrogen (secondary N) is 2. The SMILES string of the molecule is O=S(=O)(Nc1ccc2cc[nH]c2c1)c1cc(Cl)cc(Cl)c1. The molecule has 0 aliphatic rings. The molecule has 0 saturated heterocycles. The van der Waals surface area contributed by atoms with Gasteiger partial charge in [0.1, 0.15) is 0 Å². The van der Waals surface area contributed by atoms with Crippen LogP contribution in [-0.4, -0.2) is 13.4 Å². The Morgan fingerprint density at radius 3 is 2.38 bits per heavy atom. The molecule has 1 aromatic heterocycles. The Morgan fingerprint density at radius 1 is 0.952 bits per heavy atom. The van der Waals surface area contributed by atoms with E-state index in [9.17, 15) is 8.42 Å². The van der Waals surface area contributed by atoms with Gasteiger partial charge in [0.2, 0.25) is 0 Å². The lowest BCUT2D eigenvalue weighted by atomic mass is 10.2. The highest BCUT2D eigenvalue weighted by molar-refractivity contribution is 7.92. The maximum Gasteiger partial charge on any atom is 0.261 e. The van der Waals surface area contributed by atoms with Gasteiger partial charge in [0.15, 0.2) is 0 Å². The second kappa shape index (κ2) is 5.26. The third-order valence-electron chi connectivity index (χ3n) is 2.95. The highest BCUT2D eigenvalue weighted by Crippen LogP contribution is 2.25. The van der Waals surface area contributed by atoms with Crippen LogP contribution >= 0.6 is 23.2 Å². The van der Waals surface area contributed by atoms with E-state index in [4.69, 9.17) is 23.2 Å². The summed E-state index contributed by atoms with van der Waals surface area (Å²) in [5, 5.41) is 1.54. The van der Waals surface area contributed by atoms with Crippen molar-refractivity contribution in [2.45, 2.75) is 4.90 Å². The first-order valence-corrected chi connectivity index (χ1v) is 8.24. The normalized spacial score (nSPS) is 11.7. The van der Waals surface area contributed by atoms with Crippen LogP contribution in [0.5, 0.6) is 0 Å². The van der Waals surface area contributed by atoms with Crippen LogP contribution in [0.15, 0.2) is 53.6 Å². The standard InChI is InChI=1S/C14H10Cl2N2O2S/c15-10-5-11(16)7-13(6-10)21(19,20)18-12-2-1-9-3-4-17-14(9)8-12/h1-8,17-18H. The lowest BCUT2D eigenvalue weighted by Crippen LogP contribution is -2.12. The van der Waals surface area contributed by atoms with Crippen molar-refractivity contribution in [3.63, 3.8) is 0 Å². The molecule has 0 unspecified atom stereocenters. The van der Waals surface area contributed by atoms with E-state index in [2.05, 4.69) is 9.71 Å². The summed E-state index contributed by atoms with van der Waals surface area (Å²) in [6.07, 6.45) is 1.79. The van der Waals surface area contributed by atoms with Gasteiger partial charge in [-0.1, -0.05) is 29.3 Å². The van der Waals surface area contributed by atoms with Crippen molar-refractivity contribution in [3.05, 3.63) is 58.7 Å². The first-order chi connectivity index (χ1) is 9.94. The van der Waals surface area contributed by atoms with Gasteiger partial charge in [0, 0.05) is 21.8 Å². The van der Waals surface area contributed by atoms with Crippen LogP contribution < -0.4 is 4.72 Å². The average Bonchev–Trinajstić information content (AvgIpc) is 2.84. The van der Waals surface area contributed by atoms with E-state index in [1.54, 1.807) is 18.3 Å². The number of benzene rings is 2. The lowest BCUT2D eigenvalue weighted by Gasteiger charge is -2.09. The highest BCUT2D eigenvalue weighted by Gasteiger charge is 2.16. The van der Waals surface area contributed by atoms with Crippen LogP contribution in [0.3, 0.4) is 0 Å². The molecule has 0 radical (unpaired) electrons. The van der Waals surface area contributed by atoms with Crippen molar-refractivity contribution in [1.29, 1.82) is 0 Å². The monoisotopic (exact) mass is 340 g/mol. The predicted octanol–water partition coefficient (Wildman–Crippen LogP) is 4.28. The minimum atomic E-state index is -3.74. The van der Waals surface area contributed by atoms with Crippen LogP contribution in [0.25, 0.3) is 10.9 Å². The van der Waals surface area contributed by atoms with E-state index >= 15 is 0 Å². The molecule has 21 heavy (non-hydrogen) atoms. The van der Waals surface area contributed by atoms with Gasteiger partial charge < -0.3 is 4.98 Å². The van der Waals surface area contributed by atoms with E-state index in [1.807, 2.05) is 12.1 Å². The molecule has 0 atom stereocenters. The summed E-state index contributed by atoms with van der Waals surface area (Å²) in [7, 11) is -3.74. The van der Waals surface area contributed by atoms with Crippen molar-refractivity contribution in [3.8, 4) is 0 Å². The molecule has 0 amide bonds. The van der Waals surface area contributed by atoms with Crippen molar-refractivity contribution >= 4 is 49.8 Å². The number of fused-ring (bicyclic) bond motifs is 1. The number of rotatable bonds is 3. The fourth-order valence-corrected chi connectivity index (χ4v) is 3.78. The van der Waals surface area contributed by atoms with Crippen molar-refractivity contribution < 1.29 is 8.42 Å². The quantitative estimate of drug-likeness (QED) is 0.747. The van der Waals surface area contributed by atoms with E-state index in [0.29, 0.717) is 5.69 Å². The number of sulfonamides is 1. The Labute approximate surface area is 131 Å². The lowest BCUT2D eigenvalue weighted by molar-refractivity contribution is 0.601. The van der Waals surface area contributed by atoms with Gasteiger partial charge in [0.25, 0.3) is 10.0 Å². The molecule has 0 spiro atoms. The third-order valence-corrected chi connectivity index (χ3v) is 4.75. The van der Waals surface area contributed by atoms with Crippen LogP contribution in [0.2, 0.25) is 10.0 Å². The topological polar surface area (TPSA) is 62.0 Å². The van der Waals surface area contributed by atoms with Gasteiger partial charge in [-0.2, -0.15) is 0 Å². The first kappa shape index (κ1) is 14.3. The Bertz CT molecular complexity index is 899. The summed E-state index contributed by atoms with van der Waals surface area (Å²) >= 11 is 11.7. The van der Waals surface area contributed by atoms with Crippen LogP contribution in [-0.2, 0) is 10.0 Å². The second-order valence-corrected chi connectivity index (χ2v) is 7.05. The number of H-pyrrole nitrogens is 1. The van der Waals surface area contributed by atoms with Crippen molar-refractivity contribution in [2.75, 3.05) is 4.72 Å². The maximum absolute atomic E-state index is 12.3. The molecule has 2 aromatic carbocycles. The van der Waals surface area contributed by atoms with Crippen molar-refractivity contribution in [2.24, 2.45) is 0 Å². The Hall–Kier alpha value is -1.69. The molecule has 0 saturated carbocycles. The first-order valence-electron chi connectivity index (χ1n) is 6.00. The number of anilines is 1. The Morgan fingerprint density at radius 2 is 1.67 bits per heavy atom. The minimum absolute atomic E-state index is 0.0200. The summed E-state index contributed by atoms with van der Waals surface area (Å²) in [5.74, 6) is 0. The van der Waals surface area contributed by atoms with Gasteiger partial charge >= 0.3 is 0 Å². The predicted molar refractivity (Wildman–Crippen MR) is 85.6 cm³/mol. The second-order valence-electron chi connectivity index (χ2n) is 4.49. The summed E-state index contributed by atoms with van der Waals surface area (Å²) in [5.41, 5.74) is 1.31. The fourth-order valence-electron chi connectivity index (χ4n) is 2.01. The number of halogens is 2. The molecule has 2 N–H and O–H groups in total. The molecule has 4 nitrogen and oxygen atoms in total. The molecular formula is C14H10Cl2N2O2S. The molecule has 108 valence electrons. The smallest absolute Gasteiger partial charge is 0.261 e. The summed E-state index contributed by atoms with van der Waals surface area (Å²) in [4.78, 5) is 3.05. The number of aromatic amines is 1. The molecular weight excluding hydrogens is 331 g/mol. The fraction of sp³-hybridized carbons (Fsp3) is 0. The summed E-state index contributed by atoms with van der Waals surface area (Å²) < 4.78 is 27.2. The van der Waals surface area contributed by atoms with Gasteiger partial charge in [-0.3, -0.25) is 4.72 Å². The van der Waals surface area contributed by atoms with Gasteiger partial charge in [-0.25, -0.2) is 8.42 Å². The molecule has 7 heteroatoms. The number of hydrogen-bond acceptors (Lipinski definition) is 2. The molecule has 0 fully saturated rings. The van der Waals surface area contributed by atoms with Crippen LogP contribution in [0.4, 0.5) is 5.69 Å². The maximum atomic E-state index is 12.3. The zero-order valence-corrected chi connectivity index (χ0v) is 12.9. The molecule has 0 aliphatic carbocycles. The van der Waals surface area contributed by atoms with E-state index in [1.165, 1.54) is 18.2 Å². The van der Waals surface area contributed by atoms with Gasteiger partial charge in [0.05, 0.1) is 10.6 Å². The zero-order chi connectivity index (χ0) is 15.0. The molecule has 0 bridgehead atoms. The molecule has 3 rings (SSSR count). The van der Waals surface area contributed by atoms with E-state index in [-0.39, 0.29) is 14.9 Å². The average molecular weight is 341 g/mol. The molecule has 1 heterocycles. The molecule has 3 aromatic rings. The largest absolute Gasteiger partial charge is 0.361 e. The number of aromatic nitrogens is 1. The minimum Gasteiger partial charge on any atom is -0.361 e. The summed E-state index contributed by atoms with van der Waals surface area (Å²) in [6.45, 7) is 0. The van der Waals surface area contributed by atoms with E-state index < -0.39 is 10.0 Å². The third kappa shape index (κ3) is 3.00. The Kier molecular flexibility index (Phi) is 3.57. The van der Waals surface area contributed by atoms with Gasteiger partial charge in [-0.05, 0) is 41.8 Å². The van der Waals surface area contributed by atoms with Crippen LogP contribution in [0, 0.1) is 0 Å². The van der Waals surface area contributed by atoms with Crippen molar-refractivity contribution in [1.82, 2.24) is 4.98 Å². The van der Waals surface area contributed by atoms with Gasteiger partial charge in [-0.15, -0.1) is 0 Å². The Balaban J connectivity index is 1.98. The van der Waals surface area contributed by atoms with Crippen LogP contribution in [0.1, 0.15) is 0 Å².